The first-order valence-corrected chi connectivity index (χ1v) is 6.85. The number of anilines is 1. The molecule has 1 heterocycles. The van der Waals surface area contributed by atoms with E-state index in [0.29, 0.717) is 6.04 Å². The van der Waals surface area contributed by atoms with Gasteiger partial charge in [0.2, 0.25) is 0 Å². The van der Waals surface area contributed by atoms with Crippen LogP contribution in [0.2, 0.25) is 0 Å². The summed E-state index contributed by atoms with van der Waals surface area (Å²) < 4.78 is 0. The van der Waals surface area contributed by atoms with Gasteiger partial charge in [-0.3, -0.25) is 4.79 Å². The van der Waals surface area contributed by atoms with Gasteiger partial charge in [-0.15, -0.1) is 0 Å². The third-order valence-electron chi connectivity index (χ3n) is 4.31. The summed E-state index contributed by atoms with van der Waals surface area (Å²) in [6, 6.07) is 6.74. The molecule has 0 N–H and O–H groups in total. The molecule has 1 aliphatic rings. The fourth-order valence-electron chi connectivity index (χ4n) is 3.03. The fraction of sp³-hybridized carbons (Fsp3) is 0.562. The lowest BCUT2D eigenvalue weighted by molar-refractivity contribution is 0.112. The van der Waals surface area contributed by atoms with Gasteiger partial charge in [-0.05, 0) is 55.9 Å². The van der Waals surface area contributed by atoms with Crippen molar-refractivity contribution in [2.75, 3.05) is 11.4 Å². The van der Waals surface area contributed by atoms with Crippen LogP contribution in [0.4, 0.5) is 5.69 Å². The quantitative estimate of drug-likeness (QED) is 0.741. The van der Waals surface area contributed by atoms with Gasteiger partial charge in [-0.1, -0.05) is 13.8 Å². The second kappa shape index (κ2) is 5.13. The van der Waals surface area contributed by atoms with E-state index in [0.717, 1.165) is 35.8 Å². The minimum absolute atomic E-state index is 0.572. The Morgan fingerprint density at radius 3 is 2.61 bits per heavy atom. The Labute approximate surface area is 110 Å². The van der Waals surface area contributed by atoms with Crippen LogP contribution in [-0.2, 0) is 0 Å². The second-order valence-corrected chi connectivity index (χ2v) is 5.87. The molecule has 0 spiro atoms. The van der Waals surface area contributed by atoms with Crippen molar-refractivity contribution in [2.24, 2.45) is 11.8 Å². The molecule has 1 fully saturated rings. The van der Waals surface area contributed by atoms with Crippen LogP contribution in [0.15, 0.2) is 18.2 Å². The monoisotopic (exact) mass is 245 g/mol. The zero-order chi connectivity index (χ0) is 13.3. The van der Waals surface area contributed by atoms with E-state index in [1.54, 1.807) is 0 Å². The van der Waals surface area contributed by atoms with Gasteiger partial charge in [-0.25, -0.2) is 0 Å². The van der Waals surface area contributed by atoms with Crippen LogP contribution in [0.5, 0.6) is 0 Å². The number of carbonyl (C=O) groups excluding carboxylic acids is 1. The van der Waals surface area contributed by atoms with E-state index in [1.165, 1.54) is 12.1 Å². The number of piperidine rings is 1. The predicted octanol–water partition coefficient (Wildman–Crippen LogP) is 3.68. The van der Waals surface area contributed by atoms with Gasteiger partial charge in [0.15, 0.2) is 0 Å². The topological polar surface area (TPSA) is 20.3 Å². The average Bonchev–Trinajstić information content (AvgIpc) is 2.33. The minimum Gasteiger partial charge on any atom is -0.368 e. The molecule has 1 aromatic carbocycles. The summed E-state index contributed by atoms with van der Waals surface area (Å²) in [6.45, 7) is 10.1. The highest BCUT2D eigenvalue weighted by Gasteiger charge is 2.28. The van der Waals surface area contributed by atoms with Crippen LogP contribution in [0.1, 0.15) is 43.1 Å². The van der Waals surface area contributed by atoms with Crippen molar-refractivity contribution in [3.63, 3.8) is 0 Å². The summed E-state index contributed by atoms with van der Waals surface area (Å²) >= 11 is 0. The van der Waals surface area contributed by atoms with Crippen molar-refractivity contribution in [2.45, 2.75) is 40.2 Å². The SMILES string of the molecule is Cc1cc(N2CC(C)CC(C)C2C)ccc1C=O. The van der Waals surface area contributed by atoms with E-state index in [2.05, 4.69) is 37.8 Å². The zero-order valence-corrected chi connectivity index (χ0v) is 11.8. The lowest BCUT2D eigenvalue weighted by Gasteiger charge is -2.42. The first-order valence-electron chi connectivity index (χ1n) is 6.85. The Kier molecular flexibility index (Phi) is 3.74. The van der Waals surface area contributed by atoms with Gasteiger partial charge in [0.25, 0.3) is 0 Å². The maximum atomic E-state index is 10.9. The van der Waals surface area contributed by atoms with Crippen molar-refractivity contribution >= 4 is 12.0 Å². The molecule has 2 rings (SSSR count). The molecular formula is C16H23NO. The molecule has 1 aliphatic heterocycles. The summed E-state index contributed by atoms with van der Waals surface area (Å²) in [5.41, 5.74) is 3.12. The molecule has 2 nitrogen and oxygen atoms in total. The standard InChI is InChI=1S/C16H23NO/c1-11-7-12(2)14(4)17(9-11)16-6-5-15(10-18)13(3)8-16/h5-6,8,10-12,14H,7,9H2,1-4H3. The molecule has 1 aromatic rings. The molecule has 18 heavy (non-hydrogen) atoms. The van der Waals surface area contributed by atoms with Crippen LogP contribution in [0.3, 0.4) is 0 Å². The van der Waals surface area contributed by atoms with E-state index in [4.69, 9.17) is 0 Å². The highest BCUT2D eigenvalue weighted by Crippen LogP contribution is 2.31. The zero-order valence-electron chi connectivity index (χ0n) is 11.8. The van der Waals surface area contributed by atoms with Crippen LogP contribution in [-0.4, -0.2) is 18.9 Å². The number of aryl methyl sites for hydroxylation is 1. The Balaban J connectivity index is 2.29. The largest absolute Gasteiger partial charge is 0.368 e. The van der Waals surface area contributed by atoms with Crippen molar-refractivity contribution < 1.29 is 4.79 Å². The van der Waals surface area contributed by atoms with Crippen LogP contribution in [0, 0.1) is 18.8 Å². The minimum atomic E-state index is 0.572. The van der Waals surface area contributed by atoms with Gasteiger partial charge in [0, 0.05) is 23.8 Å². The lowest BCUT2D eigenvalue weighted by atomic mass is 9.85. The van der Waals surface area contributed by atoms with Gasteiger partial charge in [0.1, 0.15) is 6.29 Å². The predicted molar refractivity (Wildman–Crippen MR) is 76.3 cm³/mol. The first kappa shape index (κ1) is 13.1. The van der Waals surface area contributed by atoms with Crippen LogP contribution in [0.25, 0.3) is 0 Å². The molecule has 0 aliphatic carbocycles. The van der Waals surface area contributed by atoms with Gasteiger partial charge in [0.05, 0.1) is 0 Å². The van der Waals surface area contributed by atoms with Gasteiger partial charge in [-0.2, -0.15) is 0 Å². The van der Waals surface area contributed by atoms with Crippen LogP contribution < -0.4 is 4.90 Å². The normalized spacial score (nSPS) is 28.2. The Morgan fingerprint density at radius 1 is 1.28 bits per heavy atom. The average molecular weight is 245 g/mol. The molecule has 2 heteroatoms. The van der Waals surface area contributed by atoms with Gasteiger partial charge >= 0.3 is 0 Å². The van der Waals surface area contributed by atoms with E-state index in [1.807, 2.05) is 13.0 Å². The molecule has 98 valence electrons. The Bertz CT molecular complexity index is 441. The highest BCUT2D eigenvalue weighted by atomic mass is 16.1. The second-order valence-electron chi connectivity index (χ2n) is 5.87. The highest BCUT2D eigenvalue weighted by molar-refractivity contribution is 5.78. The van der Waals surface area contributed by atoms with Crippen molar-refractivity contribution in [1.82, 2.24) is 0 Å². The maximum absolute atomic E-state index is 10.9. The third-order valence-corrected chi connectivity index (χ3v) is 4.31. The lowest BCUT2D eigenvalue weighted by Crippen LogP contribution is -2.45. The number of carbonyl (C=O) groups is 1. The van der Waals surface area contributed by atoms with Crippen molar-refractivity contribution in [1.29, 1.82) is 0 Å². The summed E-state index contributed by atoms with van der Waals surface area (Å²) in [5, 5.41) is 0. The first-order chi connectivity index (χ1) is 8.52. The van der Waals surface area contributed by atoms with Crippen molar-refractivity contribution in [3.05, 3.63) is 29.3 Å². The fourth-order valence-corrected chi connectivity index (χ4v) is 3.03. The smallest absolute Gasteiger partial charge is 0.150 e. The molecule has 1 saturated heterocycles. The molecule has 3 atom stereocenters. The molecular weight excluding hydrogens is 222 g/mol. The molecule has 0 amide bonds. The summed E-state index contributed by atoms with van der Waals surface area (Å²) in [6.07, 6.45) is 2.24. The third kappa shape index (κ3) is 2.43. The summed E-state index contributed by atoms with van der Waals surface area (Å²) in [7, 11) is 0. The van der Waals surface area contributed by atoms with Gasteiger partial charge < -0.3 is 4.90 Å². The molecule has 3 unspecified atom stereocenters. The Morgan fingerprint density at radius 2 is 2.00 bits per heavy atom. The van der Waals surface area contributed by atoms with E-state index < -0.39 is 0 Å². The molecule has 0 aromatic heterocycles. The molecule has 0 saturated carbocycles. The summed E-state index contributed by atoms with van der Waals surface area (Å²) in [4.78, 5) is 13.4. The van der Waals surface area contributed by atoms with E-state index in [9.17, 15) is 4.79 Å². The Hall–Kier alpha value is -1.31. The summed E-state index contributed by atoms with van der Waals surface area (Å²) in [5.74, 6) is 1.46. The number of hydrogen-bond donors (Lipinski definition) is 0. The number of hydrogen-bond acceptors (Lipinski definition) is 2. The number of rotatable bonds is 2. The molecule has 0 bridgehead atoms. The number of aldehydes is 1. The van der Waals surface area contributed by atoms with Crippen molar-refractivity contribution in [3.8, 4) is 0 Å². The van der Waals surface area contributed by atoms with E-state index >= 15 is 0 Å². The van der Waals surface area contributed by atoms with Crippen LogP contribution >= 0.6 is 0 Å². The molecule has 0 radical (unpaired) electrons. The maximum Gasteiger partial charge on any atom is 0.150 e. The number of nitrogens with zero attached hydrogens (tertiary/aromatic N) is 1. The number of benzene rings is 1. The van der Waals surface area contributed by atoms with E-state index in [-0.39, 0.29) is 0 Å².